The molecule has 0 bridgehead atoms. The molecule has 1 aliphatic rings. The fourth-order valence-corrected chi connectivity index (χ4v) is 1.78. The lowest BCUT2D eigenvalue weighted by molar-refractivity contribution is -0.178. The van der Waals surface area contributed by atoms with Gasteiger partial charge in [0.1, 0.15) is 18.3 Å². The zero-order valence-corrected chi connectivity index (χ0v) is 9.88. The number of anilines is 2. The summed E-state index contributed by atoms with van der Waals surface area (Å²) in [6, 6.07) is 5.75. The van der Waals surface area contributed by atoms with Crippen LogP contribution in [0.1, 0.15) is 0 Å². The second kappa shape index (κ2) is 5.70. The van der Waals surface area contributed by atoms with Gasteiger partial charge in [0.05, 0.1) is 12.3 Å². The van der Waals surface area contributed by atoms with Crippen LogP contribution in [0.2, 0.25) is 0 Å². The molecule has 5 N–H and O–H groups in total. The first-order chi connectivity index (χ1) is 8.99. The van der Waals surface area contributed by atoms with E-state index in [1.165, 1.54) is 24.3 Å². The topological polar surface area (TPSA) is 128 Å². The van der Waals surface area contributed by atoms with E-state index < -0.39 is 24.5 Å². The van der Waals surface area contributed by atoms with E-state index in [2.05, 4.69) is 5.32 Å². The molecule has 0 spiro atoms. The fraction of sp³-hybridized carbons (Fsp3) is 0.455. The SMILES string of the molecule is [O-]N(O)c1ccc(N[C@@H]2OC[C@H](O)[C@H](O)[C@H]2O)cc1. The number of aliphatic hydroxyl groups excluding tert-OH is 3. The van der Waals surface area contributed by atoms with Crippen molar-refractivity contribution >= 4 is 11.4 Å². The summed E-state index contributed by atoms with van der Waals surface area (Å²) in [5.41, 5.74) is 0.587. The highest BCUT2D eigenvalue weighted by atomic mass is 16.8. The van der Waals surface area contributed by atoms with Gasteiger partial charge in [0.15, 0.2) is 6.23 Å². The van der Waals surface area contributed by atoms with E-state index in [1.54, 1.807) is 0 Å². The Morgan fingerprint density at radius 3 is 2.37 bits per heavy atom. The average molecular weight is 271 g/mol. The predicted molar refractivity (Wildman–Crippen MR) is 65.5 cm³/mol. The molecule has 1 aromatic rings. The summed E-state index contributed by atoms with van der Waals surface area (Å²) in [6.07, 6.45) is -4.57. The molecule has 8 heteroatoms. The number of nitrogens with one attached hydrogen (secondary N) is 1. The van der Waals surface area contributed by atoms with Gasteiger partial charge in [-0.25, -0.2) is 0 Å². The molecule has 19 heavy (non-hydrogen) atoms. The minimum absolute atomic E-state index is 0.0612. The van der Waals surface area contributed by atoms with Gasteiger partial charge >= 0.3 is 0 Å². The summed E-state index contributed by atoms with van der Waals surface area (Å²) in [4.78, 5) is 0. The fourth-order valence-electron chi connectivity index (χ4n) is 1.78. The van der Waals surface area contributed by atoms with Crippen molar-refractivity contribution in [3.05, 3.63) is 29.5 Å². The third kappa shape index (κ3) is 3.13. The van der Waals surface area contributed by atoms with Crippen molar-refractivity contribution in [2.45, 2.75) is 24.5 Å². The molecule has 1 fully saturated rings. The van der Waals surface area contributed by atoms with E-state index >= 15 is 0 Å². The lowest BCUT2D eigenvalue weighted by Crippen LogP contribution is -2.55. The molecular formula is C11H15N2O6-. The van der Waals surface area contributed by atoms with Crippen molar-refractivity contribution in [1.82, 2.24) is 0 Å². The number of aliphatic hydroxyl groups is 3. The van der Waals surface area contributed by atoms with Gasteiger partial charge in [0.25, 0.3) is 0 Å². The van der Waals surface area contributed by atoms with Gasteiger partial charge in [-0.15, -0.1) is 0 Å². The normalized spacial score (nSPS) is 31.0. The van der Waals surface area contributed by atoms with Crippen molar-refractivity contribution in [3.63, 3.8) is 0 Å². The van der Waals surface area contributed by atoms with Crippen molar-refractivity contribution in [3.8, 4) is 0 Å². The van der Waals surface area contributed by atoms with Gasteiger partial charge < -0.3 is 35.8 Å². The quantitative estimate of drug-likeness (QED) is 0.453. The van der Waals surface area contributed by atoms with Crippen molar-refractivity contribution in [2.75, 3.05) is 17.2 Å². The summed E-state index contributed by atoms with van der Waals surface area (Å²) in [6.45, 7) is -0.0983. The first-order valence-electron chi connectivity index (χ1n) is 5.67. The number of benzene rings is 1. The molecule has 106 valence electrons. The van der Waals surface area contributed by atoms with Crippen LogP contribution in [0.5, 0.6) is 0 Å². The predicted octanol–water partition coefficient (Wildman–Crippen LogP) is -0.769. The molecule has 4 atom stereocenters. The minimum Gasteiger partial charge on any atom is -0.733 e. The zero-order valence-electron chi connectivity index (χ0n) is 9.88. The van der Waals surface area contributed by atoms with Crippen LogP contribution in [0.4, 0.5) is 11.4 Å². The van der Waals surface area contributed by atoms with Crippen LogP contribution in [0.15, 0.2) is 24.3 Å². The van der Waals surface area contributed by atoms with Crippen molar-refractivity contribution in [2.24, 2.45) is 0 Å². The second-order valence-corrected chi connectivity index (χ2v) is 4.27. The lowest BCUT2D eigenvalue weighted by Gasteiger charge is -2.36. The molecule has 1 heterocycles. The molecule has 0 radical (unpaired) electrons. The number of hydrogen-bond donors (Lipinski definition) is 5. The van der Waals surface area contributed by atoms with Gasteiger partial charge in [-0.2, -0.15) is 0 Å². The maximum Gasteiger partial charge on any atom is 0.156 e. The number of rotatable bonds is 3. The Kier molecular flexibility index (Phi) is 4.20. The van der Waals surface area contributed by atoms with Crippen LogP contribution in [0.3, 0.4) is 0 Å². The number of hydrogen-bond acceptors (Lipinski definition) is 8. The molecule has 0 amide bonds. The molecule has 0 aliphatic carbocycles. The summed E-state index contributed by atoms with van der Waals surface area (Å²) in [5.74, 6) is 0. The lowest BCUT2D eigenvalue weighted by atomic mass is 10.0. The van der Waals surface area contributed by atoms with Gasteiger partial charge in [0.2, 0.25) is 0 Å². The highest BCUT2D eigenvalue weighted by Crippen LogP contribution is 2.20. The molecule has 0 aromatic heterocycles. The first-order valence-corrected chi connectivity index (χ1v) is 5.67. The van der Waals surface area contributed by atoms with Gasteiger partial charge in [-0.3, -0.25) is 5.21 Å². The second-order valence-electron chi connectivity index (χ2n) is 4.27. The van der Waals surface area contributed by atoms with Crippen LogP contribution in [0.25, 0.3) is 0 Å². The molecule has 2 rings (SSSR count). The van der Waals surface area contributed by atoms with Crippen LogP contribution < -0.4 is 10.5 Å². The Morgan fingerprint density at radius 1 is 1.16 bits per heavy atom. The van der Waals surface area contributed by atoms with Crippen LogP contribution >= 0.6 is 0 Å². The Labute approximate surface area is 109 Å². The zero-order chi connectivity index (χ0) is 14.0. The molecule has 0 unspecified atom stereocenters. The minimum atomic E-state index is -1.29. The Bertz CT molecular complexity index is 412. The van der Waals surface area contributed by atoms with Gasteiger partial charge in [-0.1, -0.05) is 0 Å². The van der Waals surface area contributed by atoms with Crippen LogP contribution in [-0.4, -0.2) is 51.7 Å². The average Bonchev–Trinajstić information content (AvgIpc) is 2.40. The highest BCUT2D eigenvalue weighted by Gasteiger charge is 2.37. The van der Waals surface area contributed by atoms with E-state index in [-0.39, 0.29) is 17.5 Å². The van der Waals surface area contributed by atoms with E-state index in [0.29, 0.717) is 5.69 Å². The molecule has 1 saturated heterocycles. The van der Waals surface area contributed by atoms with Crippen molar-refractivity contribution < 1.29 is 25.3 Å². The van der Waals surface area contributed by atoms with Crippen LogP contribution in [0, 0.1) is 5.21 Å². The third-order valence-corrected chi connectivity index (χ3v) is 2.90. The summed E-state index contributed by atoms with van der Waals surface area (Å²) in [5, 5.41) is 50.3. The van der Waals surface area contributed by atoms with E-state index in [1.807, 2.05) is 0 Å². The monoisotopic (exact) mass is 271 g/mol. The first kappa shape index (κ1) is 14.0. The smallest absolute Gasteiger partial charge is 0.156 e. The summed E-state index contributed by atoms with van der Waals surface area (Å²) < 4.78 is 5.16. The standard InChI is InChI=1S/C11H15N2O6/c14-8-5-19-11(10(16)9(8)15)12-6-1-3-7(4-2-6)13(17)18/h1-4,8-12,14-17H,5H2/q-1/t8-,9-,10+,11+/m0/s1. The number of ether oxygens (including phenoxy) is 1. The largest absolute Gasteiger partial charge is 0.733 e. The Balaban J connectivity index is 2.01. The molecule has 0 saturated carbocycles. The van der Waals surface area contributed by atoms with Gasteiger partial charge in [-0.05, 0) is 24.3 Å². The summed E-state index contributed by atoms with van der Waals surface area (Å²) >= 11 is 0. The van der Waals surface area contributed by atoms with E-state index in [4.69, 9.17) is 9.94 Å². The molecule has 1 aromatic carbocycles. The maximum absolute atomic E-state index is 10.6. The van der Waals surface area contributed by atoms with Crippen LogP contribution in [-0.2, 0) is 4.74 Å². The third-order valence-electron chi connectivity index (χ3n) is 2.90. The van der Waals surface area contributed by atoms with Crippen molar-refractivity contribution in [1.29, 1.82) is 0 Å². The molecule has 1 aliphatic heterocycles. The molecular weight excluding hydrogens is 256 g/mol. The Morgan fingerprint density at radius 2 is 1.79 bits per heavy atom. The molecule has 8 nitrogen and oxygen atoms in total. The number of nitrogens with zero attached hydrogens (tertiary/aromatic N) is 1. The highest BCUT2D eigenvalue weighted by molar-refractivity contribution is 5.54. The Hall–Kier alpha value is -1.42. The maximum atomic E-state index is 10.6. The van der Waals surface area contributed by atoms with E-state index in [0.717, 1.165) is 0 Å². The van der Waals surface area contributed by atoms with Gasteiger partial charge in [0, 0.05) is 5.69 Å². The van der Waals surface area contributed by atoms with E-state index in [9.17, 15) is 20.5 Å². The summed E-state index contributed by atoms with van der Waals surface area (Å²) in [7, 11) is 0.